The molecule has 0 saturated carbocycles. The summed E-state index contributed by atoms with van der Waals surface area (Å²) in [5.74, 6) is -0.268. The van der Waals surface area contributed by atoms with Crippen LogP contribution in [0.4, 0.5) is 5.69 Å². The Morgan fingerprint density at radius 2 is 2.31 bits per heavy atom. The monoisotopic (exact) mass is 217 g/mol. The molecule has 1 aromatic carbocycles. The van der Waals surface area contributed by atoms with Gasteiger partial charge in [0.05, 0.1) is 12.2 Å². The zero-order chi connectivity index (χ0) is 11.7. The Hall–Kier alpha value is -1.77. The van der Waals surface area contributed by atoms with Gasteiger partial charge < -0.3 is 9.64 Å². The summed E-state index contributed by atoms with van der Waals surface area (Å²) in [4.78, 5) is 13.9. The van der Waals surface area contributed by atoms with Crippen LogP contribution in [-0.4, -0.2) is 26.2 Å². The summed E-state index contributed by atoms with van der Waals surface area (Å²) >= 11 is 0. The molecule has 0 fully saturated rings. The summed E-state index contributed by atoms with van der Waals surface area (Å²) in [5.41, 5.74) is 3.58. The molecule has 0 aromatic heterocycles. The molecule has 0 spiro atoms. The molecule has 16 heavy (non-hydrogen) atoms. The van der Waals surface area contributed by atoms with Gasteiger partial charge >= 0.3 is 5.97 Å². The Morgan fingerprint density at radius 1 is 1.56 bits per heavy atom. The number of likely N-dealkylation sites (N-methyl/N-ethyl adjacent to an activating group) is 1. The highest BCUT2D eigenvalue weighted by atomic mass is 16.5. The standard InChI is InChI=1S/C13H15NO2/c1-4-16-13(15)10-6-5-7-11-12(10)9(2)8-14(11)3/h5-7H,2,4,8H2,1,3H3. The fourth-order valence-corrected chi connectivity index (χ4v) is 2.06. The molecule has 1 heterocycles. The van der Waals surface area contributed by atoms with E-state index in [-0.39, 0.29) is 5.97 Å². The number of esters is 1. The van der Waals surface area contributed by atoms with Crippen molar-refractivity contribution < 1.29 is 9.53 Å². The number of ether oxygens (including phenoxy) is 1. The van der Waals surface area contributed by atoms with E-state index in [2.05, 4.69) is 11.5 Å². The molecule has 3 heteroatoms. The fraction of sp³-hybridized carbons (Fsp3) is 0.308. The number of hydrogen-bond donors (Lipinski definition) is 0. The molecular weight excluding hydrogens is 202 g/mol. The zero-order valence-electron chi connectivity index (χ0n) is 9.62. The predicted molar refractivity (Wildman–Crippen MR) is 64.7 cm³/mol. The van der Waals surface area contributed by atoms with E-state index in [1.165, 1.54) is 0 Å². The van der Waals surface area contributed by atoms with Crippen LogP contribution in [0, 0.1) is 0 Å². The van der Waals surface area contributed by atoms with Crippen LogP contribution in [-0.2, 0) is 4.74 Å². The van der Waals surface area contributed by atoms with Gasteiger partial charge in [-0.15, -0.1) is 0 Å². The van der Waals surface area contributed by atoms with E-state index in [0.29, 0.717) is 12.2 Å². The highest BCUT2D eigenvalue weighted by molar-refractivity contribution is 6.00. The first-order chi connectivity index (χ1) is 7.65. The summed E-state index contributed by atoms with van der Waals surface area (Å²) < 4.78 is 5.04. The van der Waals surface area contributed by atoms with Crippen LogP contribution in [0.15, 0.2) is 24.8 Å². The molecule has 3 nitrogen and oxygen atoms in total. The number of nitrogens with zero attached hydrogens (tertiary/aromatic N) is 1. The van der Waals surface area contributed by atoms with Gasteiger partial charge in [0.15, 0.2) is 0 Å². The van der Waals surface area contributed by atoms with Gasteiger partial charge in [0.1, 0.15) is 0 Å². The topological polar surface area (TPSA) is 29.5 Å². The van der Waals surface area contributed by atoms with Crippen molar-refractivity contribution in [2.45, 2.75) is 6.92 Å². The average Bonchev–Trinajstić information content (AvgIpc) is 2.55. The Labute approximate surface area is 95.3 Å². The molecule has 0 unspecified atom stereocenters. The molecule has 84 valence electrons. The molecule has 2 rings (SSSR count). The normalized spacial score (nSPS) is 13.9. The summed E-state index contributed by atoms with van der Waals surface area (Å²) in [7, 11) is 1.99. The number of carbonyl (C=O) groups excluding carboxylic acids is 1. The van der Waals surface area contributed by atoms with Crippen LogP contribution in [0.3, 0.4) is 0 Å². The second-order valence-electron chi connectivity index (χ2n) is 3.88. The Morgan fingerprint density at radius 3 is 3.00 bits per heavy atom. The zero-order valence-corrected chi connectivity index (χ0v) is 9.62. The Balaban J connectivity index is 2.49. The maximum Gasteiger partial charge on any atom is 0.338 e. The Bertz CT molecular complexity index is 451. The summed E-state index contributed by atoms with van der Waals surface area (Å²) in [6.45, 7) is 6.97. The first-order valence-electron chi connectivity index (χ1n) is 5.34. The van der Waals surface area contributed by atoms with Gasteiger partial charge in [0.2, 0.25) is 0 Å². The number of benzene rings is 1. The van der Waals surface area contributed by atoms with Gasteiger partial charge in [-0.05, 0) is 24.6 Å². The minimum absolute atomic E-state index is 0.268. The van der Waals surface area contributed by atoms with Crippen LogP contribution >= 0.6 is 0 Å². The van der Waals surface area contributed by atoms with Crippen molar-refractivity contribution in [3.05, 3.63) is 35.9 Å². The lowest BCUT2D eigenvalue weighted by molar-refractivity contribution is 0.0526. The van der Waals surface area contributed by atoms with Gasteiger partial charge in [-0.3, -0.25) is 0 Å². The third kappa shape index (κ3) is 1.58. The second kappa shape index (κ2) is 4.00. The Kier molecular flexibility index (Phi) is 2.69. The van der Waals surface area contributed by atoms with Gasteiger partial charge in [-0.1, -0.05) is 12.6 Å². The summed E-state index contributed by atoms with van der Waals surface area (Å²) in [6.07, 6.45) is 0. The summed E-state index contributed by atoms with van der Waals surface area (Å²) in [6, 6.07) is 5.66. The van der Waals surface area contributed by atoms with E-state index in [1.807, 2.05) is 26.1 Å². The van der Waals surface area contributed by atoms with Gasteiger partial charge in [0.25, 0.3) is 0 Å². The predicted octanol–water partition coefficient (Wildman–Crippen LogP) is 2.33. The smallest absolute Gasteiger partial charge is 0.338 e. The lowest BCUT2D eigenvalue weighted by Gasteiger charge is -2.11. The summed E-state index contributed by atoms with van der Waals surface area (Å²) in [5, 5.41) is 0. The van der Waals surface area contributed by atoms with Crippen LogP contribution in [0.1, 0.15) is 22.8 Å². The van der Waals surface area contributed by atoms with Gasteiger partial charge in [0, 0.05) is 24.8 Å². The van der Waals surface area contributed by atoms with Crippen LogP contribution < -0.4 is 4.90 Å². The lowest BCUT2D eigenvalue weighted by Crippen LogP contribution is -2.12. The quantitative estimate of drug-likeness (QED) is 0.712. The maximum atomic E-state index is 11.8. The number of rotatable bonds is 2. The van der Waals surface area contributed by atoms with Crippen molar-refractivity contribution in [3.8, 4) is 0 Å². The van der Waals surface area contributed by atoms with Crippen molar-refractivity contribution in [1.29, 1.82) is 0 Å². The van der Waals surface area contributed by atoms with Gasteiger partial charge in [-0.25, -0.2) is 4.79 Å². The third-order valence-electron chi connectivity index (χ3n) is 2.73. The van der Waals surface area contributed by atoms with Crippen molar-refractivity contribution in [2.75, 3.05) is 25.1 Å². The molecule has 0 saturated heterocycles. The number of anilines is 1. The number of carbonyl (C=O) groups is 1. The van der Waals surface area contributed by atoms with Crippen LogP contribution in [0.25, 0.3) is 5.57 Å². The molecule has 1 aromatic rings. The molecule has 0 radical (unpaired) electrons. The first-order valence-corrected chi connectivity index (χ1v) is 5.34. The lowest BCUT2D eigenvalue weighted by atomic mass is 10.0. The fourth-order valence-electron chi connectivity index (χ4n) is 2.06. The van der Waals surface area contributed by atoms with E-state index >= 15 is 0 Å². The van der Waals surface area contributed by atoms with Crippen LogP contribution in [0.5, 0.6) is 0 Å². The minimum Gasteiger partial charge on any atom is -0.462 e. The van der Waals surface area contributed by atoms with E-state index in [0.717, 1.165) is 23.4 Å². The largest absolute Gasteiger partial charge is 0.462 e. The van der Waals surface area contributed by atoms with Crippen molar-refractivity contribution >= 4 is 17.2 Å². The molecule has 0 N–H and O–H groups in total. The molecule has 0 amide bonds. The van der Waals surface area contributed by atoms with E-state index in [9.17, 15) is 4.79 Å². The maximum absolute atomic E-state index is 11.8. The van der Waals surface area contributed by atoms with E-state index < -0.39 is 0 Å². The van der Waals surface area contributed by atoms with Gasteiger partial charge in [-0.2, -0.15) is 0 Å². The average molecular weight is 217 g/mol. The van der Waals surface area contributed by atoms with Crippen molar-refractivity contribution in [2.24, 2.45) is 0 Å². The molecule has 0 atom stereocenters. The molecule has 1 aliphatic rings. The highest BCUT2D eigenvalue weighted by Crippen LogP contribution is 2.36. The molecule has 0 aliphatic carbocycles. The third-order valence-corrected chi connectivity index (χ3v) is 2.73. The first kappa shape index (κ1) is 10.7. The molecule has 1 aliphatic heterocycles. The molecule has 0 bridgehead atoms. The highest BCUT2D eigenvalue weighted by Gasteiger charge is 2.25. The van der Waals surface area contributed by atoms with E-state index in [4.69, 9.17) is 4.74 Å². The van der Waals surface area contributed by atoms with Crippen molar-refractivity contribution in [3.63, 3.8) is 0 Å². The number of hydrogen-bond acceptors (Lipinski definition) is 3. The minimum atomic E-state index is -0.268. The SMILES string of the molecule is C=C1CN(C)c2cccc(C(=O)OCC)c21. The van der Waals surface area contributed by atoms with Crippen LogP contribution in [0.2, 0.25) is 0 Å². The molecular formula is C13H15NO2. The second-order valence-corrected chi connectivity index (χ2v) is 3.88. The number of fused-ring (bicyclic) bond motifs is 1. The van der Waals surface area contributed by atoms with Crippen molar-refractivity contribution in [1.82, 2.24) is 0 Å². The van der Waals surface area contributed by atoms with E-state index in [1.54, 1.807) is 6.07 Å².